The molecule has 2 amide bonds. The van der Waals surface area contributed by atoms with Gasteiger partial charge in [0.1, 0.15) is 0 Å². The van der Waals surface area contributed by atoms with Crippen LogP contribution in [0.3, 0.4) is 0 Å². The van der Waals surface area contributed by atoms with Crippen LogP contribution < -0.4 is 5.32 Å². The van der Waals surface area contributed by atoms with E-state index in [1.54, 1.807) is 11.0 Å². The monoisotopic (exact) mass is 294 g/mol. The number of carbonyl (C=O) groups excluding carboxylic acids is 1. The summed E-state index contributed by atoms with van der Waals surface area (Å²) in [5.41, 5.74) is 1.54. The molecular formula is C14H15ClN2O3. The Bertz CT molecular complexity index is 584. The Kier molecular flexibility index (Phi) is 4.29. The second-order valence-electron chi connectivity index (χ2n) is 4.69. The van der Waals surface area contributed by atoms with Crippen molar-refractivity contribution in [3.8, 4) is 0 Å². The zero-order valence-electron chi connectivity index (χ0n) is 11.0. The first kappa shape index (κ1) is 14.4. The standard InChI is InChI=1S/C14H15ClN2O3/c1-9-3-2-6-17(8-9)14(20)16-10-4-5-12(15)11(7-10)13(18)19/h3-5,7H,2,6,8H2,1H3,(H,16,20)(H,18,19). The molecule has 0 saturated heterocycles. The van der Waals surface area contributed by atoms with E-state index in [1.165, 1.54) is 12.1 Å². The fourth-order valence-electron chi connectivity index (χ4n) is 2.05. The predicted molar refractivity (Wildman–Crippen MR) is 77.4 cm³/mol. The number of halogens is 1. The molecule has 0 unspecified atom stereocenters. The first-order chi connectivity index (χ1) is 9.47. The Morgan fingerprint density at radius 2 is 2.15 bits per heavy atom. The summed E-state index contributed by atoms with van der Waals surface area (Å²) in [7, 11) is 0. The van der Waals surface area contributed by atoms with Crippen LogP contribution in [0.1, 0.15) is 23.7 Å². The second kappa shape index (κ2) is 5.96. The highest BCUT2D eigenvalue weighted by Gasteiger charge is 2.17. The number of anilines is 1. The summed E-state index contributed by atoms with van der Waals surface area (Å²) >= 11 is 5.78. The third-order valence-electron chi connectivity index (χ3n) is 3.07. The van der Waals surface area contributed by atoms with Gasteiger partial charge < -0.3 is 15.3 Å². The molecule has 0 aliphatic carbocycles. The molecule has 1 aliphatic heterocycles. The Balaban J connectivity index is 2.10. The minimum Gasteiger partial charge on any atom is -0.478 e. The zero-order valence-corrected chi connectivity index (χ0v) is 11.8. The van der Waals surface area contributed by atoms with Crippen molar-refractivity contribution in [2.24, 2.45) is 0 Å². The van der Waals surface area contributed by atoms with Crippen LogP contribution in [0.5, 0.6) is 0 Å². The van der Waals surface area contributed by atoms with Gasteiger partial charge in [-0.1, -0.05) is 23.3 Å². The van der Waals surface area contributed by atoms with Gasteiger partial charge in [-0.3, -0.25) is 0 Å². The van der Waals surface area contributed by atoms with Gasteiger partial charge in [0.25, 0.3) is 0 Å². The lowest BCUT2D eigenvalue weighted by atomic mass is 10.1. The molecule has 0 bridgehead atoms. The minimum atomic E-state index is -1.12. The molecule has 5 nitrogen and oxygen atoms in total. The number of carboxylic acid groups (broad SMARTS) is 1. The van der Waals surface area contributed by atoms with Gasteiger partial charge in [0, 0.05) is 18.8 Å². The first-order valence-electron chi connectivity index (χ1n) is 6.22. The van der Waals surface area contributed by atoms with Crippen LogP contribution in [0, 0.1) is 0 Å². The highest BCUT2D eigenvalue weighted by atomic mass is 35.5. The van der Waals surface area contributed by atoms with Gasteiger partial charge >= 0.3 is 12.0 Å². The van der Waals surface area contributed by atoms with Crippen molar-refractivity contribution in [3.63, 3.8) is 0 Å². The zero-order chi connectivity index (χ0) is 14.7. The van der Waals surface area contributed by atoms with Gasteiger partial charge in [0.05, 0.1) is 10.6 Å². The molecule has 6 heteroatoms. The third kappa shape index (κ3) is 3.30. The molecule has 20 heavy (non-hydrogen) atoms. The molecule has 1 heterocycles. The van der Waals surface area contributed by atoms with Crippen molar-refractivity contribution < 1.29 is 14.7 Å². The van der Waals surface area contributed by atoms with Gasteiger partial charge in [0.15, 0.2) is 0 Å². The maximum atomic E-state index is 12.1. The van der Waals surface area contributed by atoms with Gasteiger partial charge in [-0.25, -0.2) is 9.59 Å². The van der Waals surface area contributed by atoms with Crippen LogP contribution in [-0.2, 0) is 0 Å². The van der Waals surface area contributed by atoms with Crippen molar-refractivity contribution >= 4 is 29.3 Å². The Hall–Kier alpha value is -2.01. The molecule has 2 rings (SSSR count). The quantitative estimate of drug-likeness (QED) is 0.823. The number of nitrogens with zero attached hydrogens (tertiary/aromatic N) is 1. The van der Waals surface area contributed by atoms with E-state index in [0.29, 0.717) is 18.8 Å². The summed E-state index contributed by atoms with van der Waals surface area (Å²) in [5, 5.41) is 11.8. The number of hydrogen-bond acceptors (Lipinski definition) is 2. The van der Waals surface area contributed by atoms with Crippen LogP contribution in [0.2, 0.25) is 5.02 Å². The number of carboxylic acids is 1. The molecular weight excluding hydrogens is 280 g/mol. The topological polar surface area (TPSA) is 69.6 Å². The molecule has 1 aromatic carbocycles. The minimum absolute atomic E-state index is 0.0285. The number of urea groups is 1. The number of carbonyl (C=O) groups is 2. The maximum Gasteiger partial charge on any atom is 0.337 e. The summed E-state index contributed by atoms with van der Waals surface area (Å²) in [6, 6.07) is 4.16. The molecule has 0 radical (unpaired) electrons. The van der Waals surface area contributed by atoms with E-state index in [2.05, 4.69) is 11.4 Å². The Morgan fingerprint density at radius 1 is 1.40 bits per heavy atom. The fourth-order valence-corrected chi connectivity index (χ4v) is 2.25. The summed E-state index contributed by atoms with van der Waals surface area (Å²) in [5.74, 6) is -1.12. The van der Waals surface area contributed by atoms with E-state index in [1.807, 2.05) is 6.92 Å². The average molecular weight is 295 g/mol. The smallest absolute Gasteiger partial charge is 0.337 e. The molecule has 0 aromatic heterocycles. The molecule has 1 aromatic rings. The summed E-state index contributed by atoms with van der Waals surface area (Å²) in [6.45, 7) is 3.22. The molecule has 106 valence electrons. The molecule has 0 saturated carbocycles. The van der Waals surface area contributed by atoms with E-state index in [9.17, 15) is 9.59 Å². The SMILES string of the molecule is CC1=CCCN(C(=O)Nc2ccc(Cl)c(C(=O)O)c2)C1. The molecule has 0 spiro atoms. The number of aromatic carboxylic acids is 1. The lowest BCUT2D eigenvalue weighted by Crippen LogP contribution is -2.38. The number of amides is 2. The largest absolute Gasteiger partial charge is 0.478 e. The van der Waals surface area contributed by atoms with E-state index < -0.39 is 5.97 Å². The Morgan fingerprint density at radius 3 is 2.80 bits per heavy atom. The maximum absolute atomic E-state index is 12.1. The number of hydrogen-bond donors (Lipinski definition) is 2. The molecule has 0 fully saturated rings. The van der Waals surface area contributed by atoms with Crippen molar-refractivity contribution in [1.29, 1.82) is 0 Å². The van der Waals surface area contributed by atoms with Crippen molar-refractivity contribution in [2.45, 2.75) is 13.3 Å². The average Bonchev–Trinajstić information content (AvgIpc) is 2.40. The van der Waals surface area contributed by atoms with E-state index >= 15 is 0 Å². The van der Waals surface area contributed by atoms with Crippen molar-refractivity contribution in [3.05, 3.63) is 40.4 Å². The Labute approximate surface area is 121 Å². The molecule has 2 N–H and O–H groups in total. The van der Waals surface area contributed by atoms with E-state index in [0.717, 1.165) is 12.0 Å². The molecule has 0 atom stereocenters. The third-order valence-corrected chi connectivity index (χ3v) is 3.40. The lowest BCUT2D eigenvalue weighted by Gasteiger charge is -2.26. The number of benzene rings is 1. The van der Waals surface area contributed by atoms with Gasteiger partial charge in [-0.2, -0.15) is 0 Å². The second-order valence-corrected chi connectivity index (χ2v) is 5.10. The summed E-state index contributed by atoms with van der Waals surface area (Å²) < 4.78 is 0. The van der Waals surface area contributed by atoms with Crippen LogP contribution in [0.25, 0.3) is 0 Å². The van der Waals surface area contributed by atoms with E-state index in [4.69, 9.17) is 16.7 Å². The fraction of sp³-hybridized carbons (Fsp3) is 0.286. The number of nitrogens with one attached hydrogen (secondary N) is 1. The van der Waals surface area contributed by atoms with Crippen molar-refractivity contribution in [2.75, 3.05) is 18.4 Å². The van der Waals surface area contributed by atoms with Crippen LogP contribution >= 0.6 is 11.6 Å². The highest BCUT2D eigenvalue weighted by molar-refractivity contribution is 6.33. The normalized spacial score (nSPS) is 14.7. The van der Waals surface area contributed by atoms with Crippen LogP contribution in [-0.4, -0.2) is 35.1 Å². The molecule has 1 aliphatic rings. The summed E-state index contributed by atoms with van der Waals surface area (Å²) in [6.07, 6.45) is 2.94. The van der Waals surface area contributed by atoms with Gasteiger partial charge in [-0.15, -0.1) is 0 Å². The lowest BCUT2D eigenvalue weighted by molar-refractivity contribution is 0.0697. The predicted octanol–water partition coefficient (Wildman–Crippen LogP) is 3.22. The van der Waals surface area contributed by atoms with Gasteiger partial charge in [-0.05, 0) is 31.5 Å². The highest BCUT2D eigenvalue weighted by Crippen LogP contribution is 2.21. The van der Waals surface area contributed by atoms with Crippen LogP contribution in [0.15, 0.2) is 29.8 Å². The van der Waals surface area contributed by atoms with Crippen LogP contribution in [0.4, 0.5) is 10.5 Å². The van der Waals surface area contributed by atoms with E-state index in [-0.39, 0.29) is 16.6 Å². The van der Waals surface area contributed by atoms with Gasteiger partial charge in [0.2, 0.25) is 0 Å². The summed E-state index contributed by atoms with van der Waals surface area (Å²) in [4.78, 5) is 24.8. The number of rotatable bonds is 2. The first-order valence-corrected chi connectivity index (χ1v) is 6.59. The van der Waals surface area contributed by atoms with Crippen molar-refractivity contribution in [1.82, 2.24) is 4.90 Å².